The molecule has 2 N–H and O–H groups in total. The fourth-order valence-electron chi connectivity index (χ4n) is 2.99. The third-order valence-electron chi connectivity index (χ3n) is 4.73. The first-order valence-corrected chi connectivity index (χ1v) is 8.62. The van der Waals surface area contributed by atoms with Gasteiger partial charge in [-0.25, -0.2) is 15.0 Å². The highest BCUT2D eigenvalue weighted by Crippen LogP contribution is 2.41. The Balaban J connectivity index is 1.65. The number of hydrogen-bond donors (Lipinski definition) is 2. The summed E-state index contributed by atoms with van der Waals surface area (Å²) in [6, 6.07) is 5.51. The van der Waals surface area contributed by atoms with E-state index in [1.165, 1.54) is 0 Å². The van der Waals surface area contributed by atoms with E-state index in [4.69, 9.17) is 0 Å². The number of aryl methyl sites for hydroxylation is 2. The van der Waals surface area contributed by atoms with Crippen LogP contribution in [0, 0.1) is 13.8 Å². The molecule has 128 valence electrons. The van der Waals surface area contributed by atoms with Gasteiger partial charge in [-0.3, -0.25) is 4.79 Å². The maximum absolute atomic E-state index is 12.9. The number of aromatic nitrogens is 4. The third kappa shape index (κ3) is 2.99. The summed E-state index contributed by atoms with van der Waals surface area (Å²) in [7, 11) is 0. The van der Waals surface area contributed by atoms with E-state index in [9.17, 15) is 4.79 Å². The number of hydrogen-bond acceptors (Lipinski definition) is 4. The van der Waals surface area contributed by atoms with Crippen molar-refractivity contribution in [1.82, 2.24) is 25.3 Å². The number of amides is 1. The second-order valence-corrected chi connectivity index (χ2v) is 6.77. The molecular formula is C19H21N5O. The van der Waals surface area contributed by atoms with Crippen molar-refractivity contribution in [2.24, 2.45) is 0 Å². The van der Waals surface area contributed by atoms with Crippen LogP contribution in [0.3, 0.4) is 0 Å². The van der Waals surface area contributed by atoms with Gasteiger partial charge in [0, 0.05) is 23.2 Å². The van der Waals surface area contributed by atoms with Crippen molar-refractivity contribution >= 4 is 16.9 Å². The topological polar surface area (TPSA) is 83.6 Å². The van der Waals surface area contributed by atoms with Crippen LogP contribution in [0.1, 0.15) is 65.0 Å². The van der Waals surface area contributed by atoms with Crippen molar-refractivity contribution < 1.29 is 4.79 Å². The van der Waals surface area contributed by atoms with Crippen LogP contribution >= 0.6 is 0 Å². The van der Waals surface area contributed by atoms with Gasteiger partial charge in [0.05, 0.1) is 23.0 Å². The number of rotatable bonds is 4. The van der Waals surface area contributed by atoms with Crippen molar-refractivity contribution in [3.63, 3.8) is 0 Å². The van der Waals surface area contributed by atoms with E-state index in [0.717, 1.165) is 41.1 Å². The standard InChI is InChI=1S/C19H21N5O/c1-10-11(2)22-17(21-10)12(3)23-19(25)15-9-14-5-4-8-20-18(14)24-16(15)13-6-7-13/h4-5,8-9,12-13H,6-7H2,1-3H3,(H,21,22)(H,23,25). The molecule has 6 nitrogen and oxygen atoms in total. The first kappa shape index (κ1) is 15.7. The van der Waals surface area contributed by atoms with Crippen LogP contribution in [0.2, 0.25) is 0 Å². The number of aromatic amines is 1. The van der Waals surface area contributed by atoms with E-state index in [1.54, 1.807) is 6.20 Å². The third-order valence-corrected chi connectivity index (χ3v) is 4.73. The minimum Gasteiger partial charge on any atom is -0.344 e. The van der Waals surface area contributed by atoms with Gasteiger partial charge in [0.15, 0.2) is 5.65 Å². The fourth-order valence-corrected chi connectivity index (χ4v) is 2.99. The van der Waals surface area contributed by atoms with Gasteiger partial charge in [-0.15, -0.1) is 0 Å². The number of nitrogens with zero attached hydrogens (tertiary/aromatic N) is 3. The molecule has 0 radical (unpaired) electrons. The molecule has 1 saturated carbocycles. The SMILES string of the molecule is Cc1nc(C(C)NC(=O)c2cc3cccnc3nc2C2CC2)[nH]c1C. The Morgan fingerprint density at radius 1 is 1.32 bits per heavy atom. The highest BCUT2D eigenvalue weighted by Gasteiger charge is 2.30. The molecule has 1 fully saturated rings. The van der Waals surface area contributed by atoms with E-state index in [0.29, 0.717) is 17.1 Å². The molecule has 1 aliphatic rings. The lowest BCUT2D eigenvalue weighted by Gasteiger charge is -2.14. The number of carbonyl (C=O) groups excluding carboxylic acids is 1. The summed E-state index contributed by atoms with van der Waals surface area (Å²) < 4.78 is 0. The van der Waals surface area contributed by atoms with Crippen LogP contribution in [0.4, 0.5) is 0 Å². The smallest absolute Gasteiger partial charge is 0.253 e. The average Bonchev–Trinajstić information content (AvgIpc) is 3.39. The van der Waals surface area contributed by atoms with Gasteiger partial charge < -0.3 is 10.3 Å². The fraction of sp³-hybridized carbons (Fsp3) is 0.368. The Morgan fingerprint density at radius 3 is 2.80 bits per heavy atom. The molecule has 6 heteroatoms. The Kier molecular flexibility index (Phi) is 3.75. The zero-order chi connectivity index (χ0) is 17.6. The summed E-state index contributed by atoms with van der Waals surface area (Å²) in [5.41, 5.74) is 4.19. The molecular weight excluding hydrogens is 314 g/mol. The van der Waals surface area contributed by atoms with Crippen molar-refractivity contribution in [3.8, 4) is 0 Å². The molecule has 25 heavy (non-hydrogen) atoms. The number of pyridine rings is 2. The van der Waals surface area contributed by atoms with E-state index in [1.807, 2.05) is 39.0 Å². The zero-order valence-corrected chi connectivity index (χ0v) is 14.6. The maximum Gasteiger partial charge on any atom is 0.253 e. The monoisotopic (exact) mass is 335 g/mol. The lowest BCUT2D eigenvalue weighted by atomic mass is 10.1. The van der Waals surface area contributed by atoms with Gasteiger partial charge in [0.25, 0.3) is 5.91 Å². The lowest BCUT2D eigenvalue weighted by molar-refractivity contribution is 0.0937. The maximum atomic E-state index is 12.9. The van der Waals surface area contributed by atoms with Crippen LogP contribution < -0.4 is 5.32 Å². The number of nitrogens with one attached hydrogen (secondary N) is 2. The van der Waals surface area contributed by atoms with E-state index in [-0.39, 0.29) is 11.9 Å². The molecule has 0 bridgehead atoms. The van der Waals surface area contributed by atoms with Crippen molar-refractivity contribution in [1.29, 1.82) is 0 Å². The molecule has 1 aliphatic carbocycles. The summed E-state index contributed by atoms with van der Waals surface area (Å²) in [4.78, 5) is 29.6. The number of H-pyrrole nitrogens is 1. The summed E-state index contributed by atoms with van der Waals surface area (Å²) in [6.45, 7) is 5.86. The van der Waals surface area contributed by atoms with E-state index >= 15 is 0 Å². The molecule has 3 heterocycles. The Labute approximate surface area is 146 Å². The van der Waals surface area contributed by atoms with Gasteiger partial charge in [-0.2, -0.15) is 0 Å². The van der Waals surface area contributed by atoms with Crippen molar-refractivity contribution in [3.05, 3.63) is 52.9 Å². The van der Waals surface area contributed by atoms with Crippen molar-refractivity contribution in [2.75, 3.05) is 0 Å². The first-order valence-electron chi connectivity index (χ1n) is 8.62. The van der Waals surface area contributed by atoms with Crippen LogP contribution in [0.25, 0.3) is 11.0 Å². The highest BCUT2D eigenvalue weighted by atomic mass is 16.1. The van der Waals surface area contributed by atoms with E-state index < -0.39 is 0 Å². The number of imidazole rings is 1. The second kappa shape index (κ2) is 5.95. The Hall–Kier alpha value is -2.76. The molecule has 1 unspecified atom stereocenters. The summed E-state index contributed by atoms with van der Waals surface area (Å²) >= 11 is 0. The molecule has 3 aromatic rings. The van der Waals surface area contributed by atoms with Crippen LogP contribution in [0.5, 0.6) is 0 Å². The van der Waals surface area contributed by atoms with Gasteiger partial charge in [0.1, 0.15) is 5.82 Å². The second-order valence-electron chi connectivity index (χ2n) is 6.77. The molecule has 0 saturated heterocycles. The lowest BCUT2D eigenvalue weighted by Crippen LogP contribution is -2.28. The van der Waals surface area contributed by atoms with E-state index in [2.05, 4.69) is 25.3 Å². The normalized spacial score (nSPS) is 15.3. The zero-order valence-electron chi connectivity index (χ0n) is 14.6. The Bertz CT molecular complexity index is 938. The van der Waals surface area contributed by atoms with Crippen LogP contribution in [-0.2, 0) is 0 Å². The molecule has 0 spiro atoms. The predicted molar refractivity (Wildman–Crippen MR) is 95.5 cm³/mol. The predicted octanol–water partition coefficient (Wildman–Crippen LogP) is 3.34. The molecule has 0 aromatic carbocycles. The summed E-state index contributed by atoms with van der Waals surface area (Å²) in [5.74, 6) is 1.03. The summed E-state index contributed by atoms with van der Waals surface area (Å²) in [6.07, 6.45) is 3.89. The average molecular weight is 335 g/mol. The highest BCUT2D eigenvalue weighted by molar-refractivity contribution is 5.98. The molecule has 3 aromatic heterocycles. The van der Waals surface area contributed by atoms with Gasteiger partial charge in [0.2, 0.25) is 0 Å². The van der Waals surface area contributed by atoms with Crippen LogP contribution in [0.15, 0.2) is 24.4 Å². The summed E-state index contributed by atoms with van der Waals surface area (Å²) in [5, 5.41) is 3.93. The molecule has 0 aliphatic heterocycles. The number of carbonyl (C=O) groups is 1. The minimum atomic E-state index is -0.198. The largest absolute Gasteiger partial charge is 0.344 e. The van der Waals surface area contributed by atoms with Crippen molar-refractivity contribution in [2.45, 2.75) is 45.6 Å². The van der Waals surface area contributed by atoms with Gasteiger partial charge in [-0.1, -0.05) is 0 Å². The molecule has 1 amide bonds. The van der Waals surface area contributed by atoms with Crippen LogP contribution in [-0.4, -0.2) is 25.8 Å². The first-order chi connectivity index (χ1) is 12.0. The molecule has 1 atom stereocenters. The minimum absolute atomic E-state index is 0.112. The Morgan fingerprint density at radius 2 is 2.12 bits per heavy atom. The molecule has 4 rings (SSSR count). The number of fused-ring (bicyclic) bond motifs is 1. The van der Waals surface area contributed by atoms with Gasteiger partial charge in [-0.05, 0) is 51.8 Å². The quantitative estimate of drug-likeness (QED) is 0.766. The van der Waals surface area contributed by atoms with Gasteiger partial charge >= 0.3 is 0 Å².